The van der Waals surface area contributed by atoms with Crippen molar-refractivity contribution in [3.05, 3.63) is 29.8 Å². The van der Waals surface area contributed by atoms with E-state index in [2.05, 4.69) is 10.2 Å². The summed E-state index contributed by atoms with van der Waals surface area (Å²) in [6.07, 6.45) is -0.120. The lowest BCUT2D eigenvalue weighted by atomic mass is 10.2. The molecule has 2 aliphatic heterocycles. The van der Waals surface area contributed by atoms with Crippen LogP contribution in [0.1, 0.15) is 17.3 Å². The molecule has 1 atom stereocenters. The second-order valence-corrected chi connectivity index (χ2v) is 8.72. The molecule has 1 aromatic carbocycles. The van der Waals surface area contributed by atoms with Crippen LogP contribution in [0.15, 0.2) is 29.2 Å². The summed E-state index contributed by atoms with van der Waals surface area (Å²) in [5.74, 6) is -0.202. The lowest BCUT2D eigenvalue weighted by Gasteiger charge is -2.30. The molecule has 1 unspecified atom stereocenters. The fraction of sp³-hybridized carbons (Fsp3) is 0.611. The third-order valence-corrected chi connectivity index (χ3v) is 6.65. The normalized spacial score (nSPS) is 22.5. The molecule has 0 spiro atoms. The Morgan fingerprint density at radius 2 is 1.85 bits per heavy atom. The zero-order valence-corrected chi connectivity index (χ0v) is 16.4. The summed E-state index contributed by atoms with van der Waals surface area (Å²) in [4.78, 5) is 14.7. The molecule has 0 radical (unpaired) electrons. The van der Waals surface area contributed by atoms with Crippen molar-refractivity contribution in [1.29, 1.82) is 0 Å². The van der Waals surface area contributed by atoms with Crippen molar-refractivity contribution in [3.8, 4) is 0 Å². The van der Waals surface area contributed by atoms with Gasteiger partial charge in [0.1, 0.15) is 0 Å². The van der Waals surface area contributed by atoms with Gasteiger partial charge in [0.2, 0.25) is 10.0 Å². The molecule has 0 bridgehead atoms. The van der Waals surface area contributed by atoms with Crippen LogP contribution in [0.3, 0.4) is 0 Å². The molecule has 27 heavy (non-hydrogen) atoms. The molecular weight excluding hydrogens is 370 g/mol. The molecule has 1 N–H and O–H groups in total. The minimum absolute atomic E-state index is 0.120. The Balaban J connectivity index is 1.55. The average molecular weight is 397 g/mol. The first-order valence-electron chi connectivity index (χ1n) is 9.27. The summed E-state index contributed by atoms with van der Waals surface area (Å²) in [6, 6.07) is 6.10. The Labute approximate surface area is 160 Å². The van der Waals surface area contributed by atoms with Gasteiger partial charge in [0, 0.05) is 44.8 Å². The second-order valence-electron chi connectivity index (χ2n) is 6.78. The molecule has 9 heteroatoms. The smallest absolute Gasteiger partial charge is 0.251 e. The van der Waals surface area contributed by atoms with Gasteiger partial charge in [-0.3, -0.25) is 9.69 Å². The predicted octanol–water partition coefficient (Wildman–Crippen LogP) is 0.158. The van der Waals surface area contributed by atoms with Gasteiger partial charge in [-0.1, -0.05) is 0 Å². The third-order valence-electron chi connectivity index (χ3n) is 4.78. The number of rotatable bonds is 6. The maximum Gasteiger partial charge on any atom is 0.251 e. The molecule has 1 aromatic rings. The number of ether oxygens (including phenoxy) is 2. The van der Waals surface area contributed by atoms with Gasteiger partial charge in [-0.05, 0) is 31.2 Å². The molecule has 3 rings (SSSR count). The molecule has 150 valence electrons. The van der Waals surface area contributed by atoms with Gasteiger partial charge in [-0.25, -0.2) is 8.42 Å². The summed E-state index contributed by atoms with van der Waals surface area (Å²) in [7, 11) is -3.57. The Bertz CT molecular complexity index is 732. The summed E-state index contributed by atoms with van der Waals surface area (Å²) < 4.78 is 37.6. The van der Waals surface area contributed by atoms with Gasteiger partial charge < -0.3 is 14.8 Å². The molecule has 8 nitrogen and oxygen atoms in total. The molecule has 2 heterocycles. The van der Waals surface area contributed by atoms with Crippen LogP contribution in [0.5, 0.6) is 0 Å². The van der Waals surface area contributed by atoms with Crippen molar-refractivity contribution in [1.82, 2.24) is 14.5 Å². The van der Waals surface area contributed by atoms with Crippen LogP contribution in [0, 0.1) is 0 Å². The first-order valence-corrected chi connectivity index (χ1v) is 10.7. The number of benzene rings is 1. The number of nitrogens with zero attached hydrogens (tertiary/aromatic N) is 2. The number of hydrogen-bond acceptors (Lipinski definition) is 6. The summed E-state index contributed by atoms with van der Waals surface area (Å²) in [5.41, 5.74) is 0.450. The van der Waals surface area contributed by atoms with E-state index in [1.165, 1.54) is 16.4 Å². The van der Waals surface area contributed by atoms with Crippen LogP contribution in [0.2, 0.25) is 0 Å². The van der Waals surface area contributed by atoms with Crippen molar-refractivity contribution >= 4 is 15.9 Å². The highest BCUT2D eigenvalue weighted by Gasteiger charge is 2.29. The van der Waals surface area contributed by atoms with Crippen molar-refractivity contribution in [2.45, 2.75) is 17.9 Å². The minimum atomic E-state index is -3.57. The first kappa shape index (κ1) is 20.2. The fourth-order valence-corrected chi connectivity index (χ4v) is 4.69. The molecule has 1 amide bonds. The number of nitrogens with one attached hydrogen (secondary N) is 1. The van der Waals surface area contributed by atoms with E-state index in [-0.39, 0.29) is 16.9 Å². The number of morpholine rings is 2. The van der Waals surface area contributed by atoms with Crippen LogP contribution >= 0.6 is 0 Å². The number of carbonyl (C=O) groups is 1. The average Bonchev–Trinajstić information content (AvgIpc) is 2.69. The highest BCUT2D eigenvalue weighted by molar-refractivity contribution is 7.89. The van der Waals surface area contributed by atoms with Crippen molar-refractivity contribution in [3.63, 3.8) is 0 Å². The van der Waals surface area contributed by atoms with E-state index in [1.54, 1.807) is 12.1 Å². The zero-order valence-electron chi connectivity index (χ0n) is 15.6. The SMILES string of the molecule is CC1CN(S(=O)(=O)c2ccc(C(=O)NCCN3CCOCC3)cc2)CCO1. The zero-order chi connectivity index (χ0) is 19.3. The quantitative estimate of drug-likeness (QED) is 0.736. The molecule has 2 saturated heterocycles. The van der Waals surface area contributed by atoms with E-state index < -0.39 is 10.0 Å². The Kier molecular flexibility index (Phi) is 6.83. The first-order chi connectivity index (χ1) is 13.0. The van der Waals surface area contributed by atoms with Crippen LogP contribution in [0.25, 0.3) is 0 Å². The van der Waals surface area contributed by atoms with Gasteiger partial charge in [0.05, 0.1) is 30.8 Å². The Hall–Kier alpha value is -1.52. The van der Waals surface area contributed by atoms with E-state index in [9.17, 15) is 13.2 Å². The highest BCUT2D eigenvalue weighted by atomic mass is 32.2. The Morgan fingerprint density at radius 1 is 1.15 bits per heavy atom. The minimum Gasteiger partial charge on any atom is -0.379 e. The van der Waals surface area contributed by atoms with Crippen LogP contribution in [-0.4, -0.2) is 88.7 Å². The second kappa shape index (κ2) is 9.11. The van der Waals surface area contributed by atoms with Gasteiger partial charge >= 0.3 is 0 Å². The van der Waals surface area contributed by atoms with Crippen molar-refractivity contribution in [2.75, 3.05) is 59.1 Å². The largest absolute Gasteiger partial charge is 0.379 e. The van der Waals surface area contributed by atoms with Crippen LogP contribution < -0.4 is 5.32 Å². The highest BCUT2D eigenvalue weighted by Crippen LogP contribution is 2.19. The van der Waals surface area contributed by atoms with Gasteiger partial charge in [0.15, 0.2) is 0 Å². The number of sulfonamides is 1. The fourth-order valence-electron chi connectivity index (χ4n) is 3.19. The maximum absolute atomic E-state index is 12.7. The van der Waals surface area contributed by atoms with E-state index in [0.717, 1.165) is 32.8 Å². The number of amides is 1. The van der Waals surface area contributed by atoms with Crippen LogP contribution in [-0.2, 0) is 19.5 Å². The standard InChI is InChI=1S/C18H27N3O5S/c1-15-14-21(10-13-26-15)27(23,24)17-4-2-16(3-5-17)18(22)19-6-7-20-8-11-25-12-9-20/h2-5,15H,6-14H2,1H3,(H,19,22). The molecule has 2 fully saturated rings. The predicted molar refractivity (Wildman–Crippen MR) is 100 cm³/mol. The van der Waals surface area contributed by atoms with Crippen LogP contribution in [0.4, 0.5) is 0 Å². The van der Waals surface area contributed by atoms with Gasteiger partial charge in [0.25, 0.3) is 5.91 Å². The monoisotopic (exact) mass is 397 g/mol. The summed E-state index contributed by atoms with van der Waals surface area (Å²) >= 11 is 0. The summed E-state index contributed by atoms with van der Waals surface area (Å²) in [6.45, 7) is 7.46. The third kappa shape index (κ3) is 5.26. The van der Waals surface area contributed by atoms with Gasteiger partial charge in [-0.15, -0.1) is 0 Å². The maximum atomic E-state index is 12.7. The van der Waals surface area contributed by atoms with Crippen molar-refractivity contribution in [2.24, 2.45) is 0 Å². The Morgan fingerprint density at radius 3 is 2.52 bits per heavy atom. The van der Waals surface area contributed by atoms with Crippen molar-refractivity contribution < 1.29 is 22.7 Å². The molecule has 0 aromatic heterocycles. The number of hydrogen-bond donors (Lipinski definition) is 1. The lowest BCUT2D eigenvalue weighted by molar-refractivity contribution is 0.0102. The summed E-state index contributed by atoms with van der Waals surface area (Å²) in [5, 5.41) is 2.88. The molecule has 0 saturated carbocycles. The molecular formula is C18H27N3O5S. The van der Waals surface area contributed by atoms with E-state index in [1.807, 2.05) is 6.92 Å². The number of carbonyl (C=O) groups excluding carboxylic acids is 1. The molecule has 2 aliphatic rings. The lowest BCUT2D eigenvalue weighted by Crippen LogP contribution is -2.44. The van der Waals surface area contributed by atoms with E-state index in [4.69, 9.17) is 9.47 Å². The van der Waals surface area contributed by atoms with E-state index >= 15 is 0 Å². The molecule has 0 aliphatic carbocycles. The topological polar surface area (TPSA) is 88.2 Å². The van der Waals surface area contributed by atoms with Gasteiger partial charge in [-0.2, -0.15) is 4.31 Å². The van der Waals surface area contributed by atoms with E-state index in [0.29, 0.717) is 31.8 Å².